The Balaban J connectivity index is 0.00000264. The first-order chi connectivity index (χ1) is 10.6. The molecule has 0 radical (unpaired) electrons. The summed E-state index contributed by atoms with van der Waals surface area (Å²) in [7, 11) is 3.88. The first-order valence-corrected chi connectivity index (χ1v) is 7.56. The lowest BCUT2D eigenvalue weighted by Crippen LogP contribution is -2.45. The molecule has 1 fully saturated rings. The summed E-state index contributed by atoms with van der Waals surface area (Å²) in [4.78, 5) is 14.0. The molecule has 2 N–H and O–H groups in total. The molecule has 1 aromatic rings. The molecule has 0 bridgehead atoms. The number of carbonyl (C=O) groups excluding carboxylic acids is 1. The van der Waals surface area contributed by atoms with Crippen LogP contribution >= 0.6 is 24.8 Å². The fourth-order valence-corrected chi connectivity index (χ4v) is 2.54. The van der Waals surface area contributed by atoms with Crippen LogP contribution in [0.25, 0.3) is 0 Å². The van der Waals surface area contributed by atoms with E-state index in [0.717, 1.165) is 12.1 Å². The van der Waals surface area contributed by atoms with Crippen LogP contribution in [0.15, 0.2) is 24.3 Å². The molecule has 1 aromatic carbocycles. The van der Waals surface area contributed by atoms with E-state index in [9.17, 15) is 9.18 Å². The predicted octanol–water partition coefficient (Wildman–Crippen LogP) is 1.77. The number of morpholine rings is 1. The minimum Gasteiger partial charge on any atom is -0.378 e. The molecule has 5 nitrogen and oxygen atoms in total. The van der Waals surface area contributed by atoms with E-state index in [0.29, 0.717) is 26.2 Å². The number of nitrogens with zero attached hydrogens (tertiary/aromatic N) is 1. The predicted molar refractivity (Wildman–Crippen MR) is 97.6 cm³/mol. The van der Waals surface area contributed by atoms with Crippen LogP contribution in [0.1, 0.15) is 18.0 Å². The minimum absolute atomic E-state index is 0. The molecule has 0 aliphatic carbocycles. The molecule has 1 aliphatic heterocycles. The highest BCUT2D eigenvalue weighted by Gasteiger charge is 2.19. The van der Waals surface area contributed by atoms with Crippen LogP contribution in [-0.2, 0) is 9.53 Å². The van der Waals surface area contributed by atoms with Gasteiger partial charge in [-0.25, -0.2) is 4.39 Å². The molecule has 2 atom stereocenters. The third kappa shape index (κ3) is 7.32. The molecule has 24 heavy (non-hydrogen) atoms. The Kier molecular flexibility index (Phi) is 11.2. The van der Waals surface area contributed by atoms with Crippen molar-refractivity contribution < 1.29 is 13.9 Å². The topological polar surface area (TPSA) is 53.6 Å². The van der Waals surface area contributed by atoms with E-state index in [1.165, 1.54) is 12.1 Å². The molecular formula is C16H26Cl2FN3O2. The van der Waals surface area contributed by atoms with Gasteiger partial charge >= 0.3 is 0 Å². The fraction of sp³-hybridized carbons (Fsp3) is 0.562. The zero-order chi connectivity index (χ0) is 15.9. The SMILES string of the molecule is CN(C)C(CNC(=O)CC1COCCN1)c1ccc(F)cc1.Cl.Cl. The van der Waals surface area contributed by atoms with Gasteiger partial charge in [0.1, 0.15) is 5.82 Å². The molecule has 0 aromatic heterocycles. The van der Waals surface area contributed by atoms with Crippen LogP contribution in [-0.4, -0.2) is 57.2 Å². The standard InChI is InChI=1S/C16H24FN3O2.2ClH/c1-20(2)15(12-3-5-13(17)6-4-12)10-19-16(21)9-14-11-22-8-7-18-14;;/h3-6,14-15,18H,7-11H2,1-2H3,(H,19,21);2*1H. The van der Waals surface area contributed by atoms with Crippen molar-refractivity contribution >= 4 is 30.7 Å². The molecule has 138 valence electrons. The van der Waals surface area contributed by atoms with E-state index >= 15 is 0 Å². The van der Waals surface area contributed by atoms with Gasteiger partial charge in [-0.15, -0.1) is 24.8 Å². The quantitative estimate of drug-likeness (QED) is 0.788. The summed E-state index contributed by atoms with van der Waals surface area (Å²) < 4.78 is 18.4. The van der Waals surface area contributed by atoms with Crippen molar-refractivity contribution in [2.75, 3.05) is 40.4 Å². The maximum atomic E-state index is 13.0. The highest BCUT2D eigenvalue weighted by Crippen LogP contribution is 2.17. The van der Waals surface area contributed by atoms with Gasteiger partial charge in [0.25, 0.3) is 0 Å². The van der Waals surface area contributed by atoms with E-state index in [-0.39, 0.29) is 48.6 Å². The molecule has 1 aliphatic rings. The van der Waals surface area contributed by atoms with Gasteiger partial charge in [0.2, 0.25) is 5.91 Å². The van der Waals surface area contributed by atoms with Gasteiger partial charge in [-0.05, 0) is 31.8 Å². The van der Waals surface area contributed by atoms with Crippen molar-refractivity contribution in [3.63, 3.8) is 0 Å². The molecule has 2 rings (SSSR count). The Morgan fingerprint density at radius 2 is 2.04 bits per heavy atom. The highest BCUT2D eigenvalue weighted by atomic mass is 35.5. The van der Waals surface area contributed by atoms with Crippen LogP contribution in [0, 0.1) is 5.82 Å². The van der Waals surface area contributed by atoms with E-state index in [4.69, 9.17) is 4.74 Å². The Morgan fingerprint density at radius 1 is 1.38 bits per heavy atom. The number of rotatable bonds is 6. The van der Waals surface area contributed by atoms with Crippen molar-refractivity contribution in [2.45, 2.75) is 18.5 Å². The van der Waals surface area contributed by atoms with Crippen LogP contribution in [0.3, 0.4) is 0 Å². The van der Waals surface area contributed by atoms with Crippen LogP contribution in [0.5, 0.6) is 0 Å². The number of carbonyl (C=O) groups is 1. The summed E-state index contributed by atoms with van der Waals surface area (Å²) in [5.74, 6) is -0.259. The number of benzene rings is 1. The molecule has 2 unspecified atom stereocenters. The lowest BCUT2D eigenvalue weighted by Gasteiger charge is -2.26. The van der Waals surface area contributed by atoms with Gasteiger partial charge < -0.3 is 20.3 Å². The van der Waals surface area contributed by atoms with Crippen molar-refractivity contribution in [2.24, 2.45) is 0 Å². The fourth-order valence-electron chi connectivity index (χ4n) is 2.54. The summed E-state index contributed by atoms with van der Waals surface area (Å²) in [6, 6.07) is 6.48. The number of ether oxygens (including phenoxy) is 1. The summed E-state index contributed by atoms with van der Waals surface area (Å²) in [6.07, 6.45) is 0.406. The van der Waals surface area contributed by atoms with Gasteiger partial charge in [-0.1, -0.05) is 12.1 Å². The highest BCUT2D eigenvalue weighted by molar-refractivity contribution is 5.85. The Morgan fingerprint density at radius 3 is 2.58 bits per heavy atom. The molecule has 1 amide bonds. The first-order valence-electron chi connectivity index (χ1n) is 7.56. The minimum atomic E-state index is -0.256. The number of hydrogen-bond donors (Lipinski definition) is 2. The molecule has 0 spiro atoms. The molecule has 1 saturated heterocycles. The van der Waals surface area contributed by atoms with Crippen LogP contribution < -0.4 is 10.6 Å². The summed E-state index contributed by atoms with van der Waals surface area (Å²) in [5.41, 5.74) is 0.978. The Bertz CT molecular complexity index is 483. The summed E-state index contributed by atoms with van der Waals surface area (Å²) >= 11 is 0. The molecule has 0 saturated carbocycles. The third-order valence-corrected chi connectivity index (χ3v) is 3.80. The van der Waals surface area contributed by atoms with Crippen molar-refractivity contribution in [1.29, 1.82) is 0 Å². The number of nitrogens with one attached hydrogen (secondary N) is 2. The van der Waals surface area contributed by atoms with Crippen molar-refractivity contribution in [3.8, 4) is 0 Å². The van der Waals surface area contributed by atoms with Crippen LogP contribution in [0.4, 0.5) is 4.39 Å². The number of amides is 1. The maximum absolute atomic E-state index is 13.0. The van der Waals surface area contributed by atoms with Crippen LogP contribution in [0.2, 0.25) is 0 Å². The lowest BCUT2D eigenvalue weighted by atomic mass is 10.1. The van der Waals surface area contributed by atoms with Gasteiger partial charge in [0.05, 0.1) is 19.3 Å². The molecule has 8 heteroatoms. The zero-order valence-electron chi connectivity index (χ0n) is 14.0. The van der Waals surface area contributed by atoms with Crippen molar-refractivity contribution in [1.82, 2.24) is 15.5 Å². The van der Waals surface area contributed by atoms with Gasteiger partial charge in [-0.3, -0.25) is 4.79 Å². The summed E-state index contributed by atoms with van der Waals surface area (Å²) in [5, 5.41) is 6.21. The van der Waals surface area contributed by atoms with E-state index in [1.807, 2.05) is 19.0 Å². The molecule has 1 heterocycles. The third-order valence-electron chi connectivity index (χ3n) is 3.80. The number of hydrogen-bond acceptors (Lipinski definition) is 4. The van der Waals surface area contributed by atoms with E-state index < -0.39 is 0 Å². The smallest absolute Gasteiger partial charge is 0.221 e. The van der Waals surface area contributed by atoms with Gasteiger partial charge in [-0.2, -0.15) is 0 Å². The molecular weight excluding hydrogens is 356 g/mol. The Hall–Kier alpha value is -0.920. The van der Waals surface area contributed by atoms with Gasteiger partial charge in [0, 0.05) is 25.6 Å². The van der Waals surface area contributed by atoms with Crippen molar-refractivity contribution in [3.05, 3.63) is 35.6 Å². The van der Waals surface area contributed by atoms with E-state index in [1.54, 1.807) is 12.1 Å². The Labute approximate surface area is 155 Å². The monoisotopic (exact) mass is 381 g/mol. The number of halogens is 3. The summed E-state index contributed by atoms with van der Waals surface area (Å²) in [6.45, 7) is 2.55. The number of likely N-dealkylation sites (N-methyl/N-ethyl adjacent to an activating group) is 1. The lowest BCUT2D eigenvalue weighted by molar-refractivity contribution is -0.122. The first kappa shape index (κ1) is 23.1. The largest absolute Gasteiger partial charge is 0.378 e. The maximum Gasteiger partial charge on any atom is 0.221 e. The second-order valence-corrected chi connectivity index (χ2v) is 5.77. The normalized spacial score (nSPS) is 18.2. The average Bonchev–Trinajstić information content (AvgIpc) is 2.50. The van der Waals surface area contributed by atoms with Gasteiger partial charge in [0.15, 0.2) is 0 Å². The van der Waals surface area contributed by atoms with E-state index in [2.05, 4.69) is 10.6 Å². The second kappa shape index (κ2) is 11.6. The second-order valence-electron chi connectivity index (χ2n) is 5.77. The zero-order valence-corrected chi connectivity index (χ0v) is 15.6. The average molecular weight is 382 g/mol.